The number of aromatic hydroxyl groups is 1. The summed E-state index contributed by atoms with van der Waals surface area (Å²) < 4.78 is 0. The summed E-state index contributed by atoms with van der Waals surface area (Å²) in [5, 5.41) is 10.1. The highest BCUT2D eigenvalue weighted by Gasteiger charge is 2.53. The second-order valence-corrected chi connectivity index (χ2v) is 8.66. The lowest BCUT2D eigenvalue weighted by molar-refractivity contribution is -0.0240. The predicted octanol–water partition coefficient (Wildman–Crippen LogP) is 4.25. The van der Waals surface area contributed by atoms with Crippen LogP contribution in [0, 0.1) is 11.8 Å². The summed E-state index contributed by atoms with van der Waals surface area (Å²) in [6, 6.07) is 7.01. The minimum absolute atomic E-state index is 0.380. The van der Waals surface area contributed by atoms with Crippen LogP contribution in [0.15, 0.2) is 18.2 Å². The Labute approximate surface area is 139 Å². The van der Waals surface area contributed by atoms with Crippen LogP contribution in [0.4, 0.5) is 0 Å². The van der Waals surface area contributed by atoms with Crippen molar-refractivity contribution >= 4 is 0 Å². The van der Waals surface area contributed by atoms with E-state index < -0.39 is 0 Å². The van der Waals surface area contributed by atoms with Crippen LogP contribution in [0.2, 0.25) is 0 Å². The van der Waals surface area contributed by atoms with Gasteiger partial charge in [-0.15, -0.1) is 0 Å². The number of piperidine rings is 1. The number of phenolic OH excluding ortho intramolecular Hbond substituents is 1. The Morgan fingerprint density at radius 1 is 1.09 bits per heavy atom. The molecular formula is C21H29NO. The van der Waals surface area contributed by atoms with Gasteiger partial charge in [-0.1, -0.05) is 25.3 Å². The summed E-state index contributed by atoms with van der Waals surface area (Å²) >= 11 is 0. The maximum atomic E-state index is 10.1. The van der Waals surface area contributed by atoms with Crippen molar-refractivity contribution in [3.05, 3.63) is 29.3 Å². The summed E-state index contributed by atoms with van der Waals surface area (Å²) in [4.78, 5) is 2.87. The molecule has 4 aliphatic rings. The molecule has 0 spiro atoms. The Hall–Kier alpha value is -1.02. The van der Waals surface area contributed by atoms with Gasteiger partial charge in [0.25, 0.3) is 0 Å². The third kappa shape index (κ3) is 2.10. The molecule has 2 bridgehead atoms. The highest BCUT2D eigenvalue weighted by Crippen LogP contribution is 2.56. The Kier molecular flexibility index (Phi) is 3.27. The number of nitrogens with zero attached hydrogens (tertiary/aromatic N) is 1. The van der Waals surface area contributed by atoms with Gasteiger partial charge in [0.2, 0.25) is 0 Å². The Morgan fingerprint density at radius 3 is 2.83 bits per heavy atom. The van der Waals surface area contributed by atoms with Crippen molar-refractivity contribution in [2.45, 2.75) is 69.2 Å². The van der Waals surface area contributed by atoms with Gasteiger partial charge in [-0.3, -0.25) is 4.90 Å². The maximum absolute atomic E-state index is 10.1. The summed E-state index contributed by atoms with van der Waals surface area (Å²) in [6.45, 7) is 2.64. The van der Waals surface area contributed by atoms with Crippen LogP contribution in [0.3, 0.4) is 0 Å². The van der Waals surface area contributed by atoms with Crippen molar-refractivity contribution in [2.24, 2.45) is 11.8 Å². The van der Waals surface area contributed by atoms with E-state index in [0.717, 1.165) is 17.9 Å². The molecule has 5 rings (SSSR count). The monoisotopic (exact) mass is 311 g/mol. The van der Waals surface area contributed by atoms with Crippen molar-refractivity contribution in [2.75, 3.05) is 13.1 Å². The first-order valence-electron chi connectivity index (χ1n) is 9.83. The van der Waals surface area contributed by atoms with Crippen molar-refractivity contribution in [3.63, 3.8) is 0 Å². The molecule has 3 fully saturated rings. The lowest BCUT2D eigenvalue weighted by Gasteiger charge is -2.59. The van der Waals surface area contributed by atoms with Gasteiger partial charge >= 0.3 is 0 Å². The van der Waals surface area contributed by atoms with Crippen molar-refractivity contribution in [1.29, 1.82) is 0 Å². The fourth-order valence-electron chi connectivity index (χ4n) is 6.31. The van der Waals surface area contributed by atoms with Gasteiger partial charge in [0.15, 0.2) is 0 Å². The molecule has 0 aromatic heterocycles. The molecule has 124 valence electrons. The lowest BCUT2D eigenvalue weighted by Crippen LogP contribution is -2.61. The minimum Gasteiger partial charge on any atom is -0.508 e. The zero-order chi connectivity index (χ0) is 15.4. The van der Waals surface area contributed by atoms with Gasteiger partial charge in [0.05, 0.1) is 0 Å². The Bertz CT molecular complexity index is 608. The number of hydrogen-bond donors (Lipinski definition) is 1. The Balaban J connectivity index is 1.54. The van der Waals surface area contributed by atoms with Crippen LogP contribution in [0.5, 0.6) is 5.75 Å². The van der Waals surface area contributed by atoms with Gasteiger partial charge in [0, 0.05) is 18.0 Å². The van der Waals surface area contributed by atoms with Crippen molar-refractivity contribution in [3.8, 4) is 5.75 Å². The molecule has 0 radical (unpaired) electrons. The quantitative estimate of drug-likeness (QED) is 0.882. The van der Waals surface area contributed by atoms with Crippen LogP contribution < -0.4 is 0 Å². The first-order chi connectivity index (χ1) is 11.3. The van der Waals surface area contributed by atoms with Gasteiger partial charge < -0.3 is 5.11 Å². The van der Waals surface area contributed by atoms with Crippen molar-refractivity contribution < 1.29 is 5.11 Å². The number of rotatable bonds is 2. The molecule has 2 saturated carbocycles. The van der Waals surface area contributed by atoms with Gasteiger partial charge in [0.1, 0.15) is 5.75 Å². The van der Waals surface area contributed by atoms with E-state index in [1.807, 2.05) is 6.07 Å². The standard InChI is InChI=1S/C21H29NO/c23-17-8-7-16-12-20-18-6-1-2-9-21(18,19(16)13-17)10-11-22(20)14-15-4-3-5-15/h7-8,13,15,18,20,23H,1-6,9-12,14H2/t18-,20-,21+/m1/s1. The van der Waals surface area contributed by atoms with E-state index >= 15 is 0 Å². The van der Waals surface area contributed by atoms with Gasteiger partial charge in [-0.05, 0) is 80.2 Å². The third-order valence-electron chi connectivity index (χ3n) is 7.65. The lowest BCUT2D eigenvalue weighted by atomic mass is 9.52. The smallest absolute Gasteiger partial charge is 0.115 e. The summed E-state index contributed by atoms with van der Waals surface area (Å²) in [7, 11) is 0. The van der Waals surface area contributed by atoms with E-state index in [9.17, 15) is 5.11 Å². The summed E-state index contributed by atoms with van der Waals surface area (Å²) in [5.74, 6) is 2.28. The Morgan fingerprint density at radius 2 is 2.00 bits per heavy atom. The SMILES string of the molecule is Oc1ccc2c(c1)[C@]13CCCC[C@@H]1[C@@H](C2)N(CC1CCC1)CC3. The van der Waals surface area contributed by atoms with Crippen LogP contribution in [0.25, 0.3) is 0 Å². The number of likely N-dealkylation sites (tertiary alicyclic amines) is 1. The van der Waals surface area contributed by atoms with E-state index in [1.165, 1.54) is 82.0 Å². The molecule has 23 heavy (non-hydrogen) atoms. The molecule has 0 amide bonds. The topological polar surface area (TPSA) is 23.5 Å². The number of phenols is 1. The van der Waals surface area contributed by atoms with Crippen LogP contribution in [-0.2, 0) is 11.8 Å². The highest BCUT2D eigenvalue weighted by atomic mass is 16.3. The van der Waals surface area contributed by atoms with Gasteiger partial charge in [-0.2, -0.15) is 0 Å². The third-order valence-corrected chi connectivity index (χ3v) is 7.65. The van der Waals surface area contributed by atoms with E-state index in [0.29, 0.717) is 11.2 Å². The van der Waals surface area contributed by atoms with E-state index in [1.54, 1.807) is 0 Å². The second-order valence-electron chi connectivity index (χ2n) is 8.66. The number of fused-ring (bicyclic) bond motifs is 1. The second kappa shape index (κ2) is 5.24. The fraction of sp³-hybridized carbons (Fsp3) is 0.714. The van der Waals surface area contributed by atoms with Gasteiger partial charge in [-0.25, -0.2) is 0 Å². The largest absolute Gasteiger partial charge is 0.508 e. The van der Waals surface area contributed by atoms with Crippen molar-refractivity contribution in [1.82, 2.24) is 4.90 Å². The molecule has 2 heteroatoms. The summed E-state index contributed by atoms with van der Waals surface area (Å²) in [6.07, 6.45) is 12.5. The molecule has 1 N–H and O–H groups in total. The molecule has 1 aliphatic heterocycles. The normalized spacial score (nSPS) is 36.9. The first kappa shape index (κ1) is 14.3. The predicted molar refractivity (Wildman–Crippen MR) is 92.8 cm³/mol. The first-order valence-corrected chi connectivity index (χ1v) is 9.83. The van der Waals surface area contributed by atoms with Crippen LogP contribution in [0.1, 0.15) is 62.5 Å². The average molecular weight is 311 g/mol. The minimum atomic E-state index is 0.380. The molecule has 2 nitrogen and oxygen atoms in total. The molecule has 1 aromatic rings. The fourth-order valence-corrected chi connectivity index (χ4v) is 6.31. The van der Waals surface area contributed by atoms with E-state index in [2.05, 4.69) is 17.0 Å². The highest BCUT2D eigenvalue weighted by molar-refractivity contribution is 5.45. The molecule has 1 aromatic carbocycles. The zero-order valence-electron chi connectivity index (χ0n) is 14.1. The van der Waals surface area contributed by atoms with Crippen LogP contribution >= 0.6 is 0 Å². The van der Waals surface area contributed by atoms with E-state index in [4.69, 9.17) is 0 Å². The number of hydrogen-bond acceptors (Lipinski definition) is 2. The average Bonchev–Trinajstić information content (AvgIpc) is 2.53. The molecule has 0 unspecified atom stereocenters. The molecule has 1 heterocycles. The number of benzene rings is 1. The van der Waals surface area contributed by atoms with Crippen LogP contribution in [-0.4, -0.2) is 29.1 Å². The molecule has 3 aliphatic carbocycles. The summed E-state index contributed by atoms with van der Waals surface area (Å²) in [5.41, 5.74) is 3.43. The zero-order valence-corrected chi connectivity index (χ0v) is 14.1. The molecular weight excluding hydrogens is 282 g/mol. The maximum Gasteiger partial charge on any atom is 0.115 e. The van der Waals surface area contributed by atoms with E-state index in [-0.39, 0.29) is 0 Å². The molecule has 1 saturated heterocycles. The molecule has 3 atom stereocenters.